The van der Waals surface area contributed by atoms with E-state index in [1.807, 2.05) is 25.3 Å². The molecule has 0 aliphatic carbocycles. The van der Waals surface area contributed by atoms with Crippen molar-refractivity contribution in [2.24, 2.45) is 0 Å². The lowest BCUT2D eigenvalue weighted by Gasteiger charge is -2.22. The summed E-state index contributed by atoms with van der Waals surface area (Å²) in [6.07, 6.45) is -3.39. The molecule has 0 radical (unpaired) electrons. The monoisotopic (exact) mass is 483 g/mol. The number of fused-ring (bicyclic) bond motifs is 1. The topological polar surface area (TPSA) is 73.7 Å². The lowest BCUT2D eigenvalue weighted by Crippen LogP contribution is -2.47. The Morgan fingerprint density at radius 3 is 2.35 bits per heavy atom. The predicted octanol–water partition coefficient (Wildman–Crippen LogP) is 3.73. The zero-order valence-corrected chi connectivity index (χ0v) is 18.0. The van der Waals surface area contributed by atoms with Crippen LogP contribution in [0.15, 0.2) is 17.6 Å². The van der Waals surface area contributed by atoms with Gasteiger partial charge in [0.05, 0.1) is 12.2 Å². The van der Waals surface area contributed by atoms with E-state index in [0.29, 0.717) is 12.2 Å². The number of carbonyl (C=O) groups is 2. The van der Waals surface area contributed by atoms with Gasteiger partial charge in [0.25, 0.3) is 5.91 Å². The van der Waals surface area contributed by atoms with Crippen molar-refractivity contribution in [3.63, 3.8) is 0 Å². The lowest BCUT2D eigenvalue weighted by molar-refractivity contribution is -0.192. The van der Waals surface area contributed by atoms with Gasteiger partial charge in [0.15, 0.2) is 5.67 Å². The third kappa shape index (κ3) is 4.44. The van der Waals surface area contributed by atoms with Crippen LogP contribution in [0.1, 0.15) is 15.3 Å². The minimum atomic E-state index is -5.08. The Kier molecular flexibility index (Phi) is 6.15. The van der Waals surface area contributed by atoms with Crippen LogP contribution in [0, 0.1) is 13.8 Å². The van der Waals surface area contributed by atoms with Gasteiger partial charge >= 0.3 is 12.1 Å². The van der Waals surface area contributed by atoms with E-state index >= 15 is 8.78 Å². The number of aliphatic carboxylic acids is 1. The van der Waals surface area contributed by atoms with Crippen LogP contribution in [-0.4, -0.2) is 63.4 Å². The Bertz CT molecular complexity index is 981. The first-order valence-corrected chi connectivity index (χ1v) is 10.6. The fourth-order valence-electron chi connectivity index (χ4n) is 3.71. The van der Waals surface area contributed by atoms with Crippen molar-refractivity contribution in [3.05, 3.63) is 33.0 Å². The molecule has 4 heterocycles. The first kappa shape index (κ1) is 23.5. The quantitative estimate of drug-likeness (QED) is 0.674. The first-order chi connectivity index (χ1) is 14.3. The van der Waals surface area contributed by atoms with Gasteiger partial charge in [0.2, 0.25) is 5.67 Å². The van der Waals surface area contributed by atoms with Crippen molar-refractivity contribution >= 4 is 40.4 Å². The predicted molar refractivity (Wildman–Crippen MR) is 105 cm³/mol. The summed E-state index contributed by atoms with van der Waals surface area (Å²) in [6, 6.07) is 1.83. The number of anilines is 1. The maximum absolute atomic E-state index is 15.4. The Labute approximate surface area is 182 Å². The molecule has 6 nitrogen and oxygen atoms in total. The van der Waals surface area contributed by atoms with Gasteiger partial charge in [-0.15, -0.1) is 11.3 Å². The molecule has 0 saturated carbocycles. The average Bonchev–Trinajstić information content (AvgIpc) is 3.35. The van der Waals surface area contributed by atoms with Crippen LogP contribution < -0.4 is 4.90 Å². The fourth-order valence-corrected chi connectivity index (χ4v) is 5.17. The third-order valence-corrected chi connectivity index (χ3v) is 6.65. The summed E-state index contributed by atoms with van der Waals surface area (Å²) in [5.41, 5.74) is -3.09. The van der Waals surface area contributed by atoms with Crippen molar-refractivity contribution in [2.45, 2.75) is 37.9 Å². The molecule has 0 spiro atoms. The lowest BCUT2D eigenvalue weighted by atomic mass is 9.93. The molecule has 31 heavy (non-hydrogen) atoms. The van der Waals surface area contributed by atoms with Crippen molar-refractivity contribution in [2.75, 3.05) is 24.5 Å². The number of amides is 1. The number of carboxylic acid groups (broad SMARTS) is 1. The van der Waals surface area contributed by atoms with Crippen LogP contribution in [0.25, 0.3) is 0 Å². The molecular weight excluding hydrogens is 465 g/mol. The summed E-state index contributed by atoms with van der Waals surface area (Å²) >= 11 is 2.84. The minimum Gasteiger partial charge on any atom is -0.475 e. The molecule has 2 saturated heterocycles. The van der Waals surface area contributed by atoms with E-state index in [4.69, 9.17) is 9.90 Å². The van der Waals surface area contributed by atoms with Gasteiger partial charge in [0.1, 0.15) is 0 Å². The number of rotatable bonds is 3. The van der Waals surface area contributed by atoms with Gasteiger partial charge in [-0.1, -0.05) is 0 Å². The number of hydrogen-bond donors (Lipinski definition) is 1. The summed E-state index contributed by atoms with van der Waals surface area (Å²) < 4.78 is 66.5. The molecule has 170 valence electrons. The SMILES string of the molecule is Cc1cc(N2C[C@@]3(F)CN(Cc4cnsc4)C[C@@]3(F)C2=O)c(C)s1.O=C(O)C(F)(F)F. The van der Waals surface area contributed by atoms with Gasteiger partial charge in [-0.25, -0.2) is 17.9 Å². The molecule has 2 atom stereocenters. The molecule has 4 rings (SSSR count). The molecule has 1 N–H and O–H groups in total. The second-order valence-corrected chi connectivity index (χ2v) is 9.55. The summed E-state index contributed by atoms with van der Waals surface area (Å²) in [5.74, 6) is -3.51. The molecule has 13 heteroatoms. The third-order valence-electron chi connectivity index (χ3n) is 5.06. The smallest absolute Gasteiger partial charge is 0.475 e. The van der Waals surface area contributed by atoms with Gasteiger partial charge in [-0.2, -0.15) is 13.2 Å². The summed E-state index contributed by atoms with van der Waals surface area (Å²) in [5, 5.41) is 8.98. The van der Waals surface area contributed by atoms with Crippen LogP contribution >= 0.6 is 22.9 Å². The van der Waals surface area contributed by atoms with Crippen LogP contribution in [0.4, 0.5) is 27.6 Å². The standard InChI is InChI=1S/C16H17F2N3OS2.C2HF3O2/c1-10-3-13(11(2)24-10)21-8-15(17)7-20(5-12-4-19-23-6-12)9-16(15,18)14(21)22;3-2(4,5)1(6)7/h3-4,6H,5,7-9H2,1-2H3;(H,6,7)/t15-,16+;/m0./s1. The van der Waals surface area contributed by atoms with Crippen LogP contribution in [0.3, 0.4) is 0 Å². The number of nitrogens with zero attached hydrogens (tertiary/aromatic N) is 3. The zero-order valence-electron chi connectivity index (χ0n) is 16.4. The molecule has 2 aliphatic rings. The summed E-state index contributed by atoms with van der Waals surface area (Å²) in [4.78, 5) is 26.5. The Morgan fingerprint density at radius 1 is 1.26 bits per heavy atom. The highest BCUT2D eigenvalue weighted by molar-refractivity contribution is 7.12. The second-order valence-electron chi connectivity index (χ2n) is 7.44. The van der Waals surface area contributed by atoms with Gasteiger partial charge in [-0.05, 0) is 37.0 Å². The molecule has 2 aromatic rings. The van der Waals surface area contributed by atoms with E-state index in [1.165, 1.54) is 27.8 Å². The van der Waals surface area contributed by atoms with E-state index in [2.05, 4.69) is 4.37 Å². The van der Waals surface area contributed by atoms with Crippen molar-refractivity contribution in [1.29, 1.82) is 0 Å². The van der Waals surface area contributed by atoms with Crippen LogP contribution in [0.5, 0.6) is 0 Å². The molecule has 0 aromatic carbocycles. The second kappa shape index (κ2) is 8.10. The molecule has 2 aliphatic heterocycles. The molecule has 0 unspecified atom stereocenters. The van der Waals surface area contributed by atoms with Gasteiger partial charge in [-0.3, -0.25) is 9.69 Å². The minimum absolute atomic E-state index is 0.0796. The summed E-state index contributed by atoms with van der Waals surface area (Å²) in [6.45, 7) is 3.70. The van der Waals surface area contributed by atoms with E-state index in [1.54, 1.807) is 11.1 Å². The maximum Gasteiger partial charge on any atom is 0.490 e. The van der Waals surface area contributed by atoms with Gasteiger partial charge < -0.3 is 10.0 Å². The molecule has 2 aromatic heterocycles. The van der Waals surface area contributed by atoms with Crippen molar-refractivity contribution < 1.29 is 36.6 Å². The number of hydrogen-bond acceptors (Lipinski definition) is 6. The zero-order chi connectivity index (χ0) is 23.2. The van der Waals surface area contributed by atoms with E-state index in [0.717, 1.165) is 15.3 Å². The Balaban J connectivity index is 0.000000339. The van der Waals surface area contributed by atoms with E-state index in [-0.39, 0.29) is 19.6 Å². The highest BCUT2D eigenvalue weighted by atomic mass is 32.1. The first-order valence-electron chi connectivity index (χ1n) is 8.94. The number of alkyl halides is 5. The number of likely N-dealkylation sites (tertiary alicyclic amines) is 1. The van der Waals surface area contributed by atoms with Crippen molar-refractivity contribution in [1.82, 2.24) is 9.27 Å². The summed E-state index contributed by atoms with van der Waals surface area (Å²) in [7, 11) is 0. The molecule has 0 bridgehead atoms. The highest BCUT2D eigenvalue weighted by Gasteiger charge is 2.71. The normalized spacial score (nSPS) is 26.0. The Hall–Kier alpha value is -2.12. The van der Waals surface area contributed by atoms with E-state index < -0.39 is 29.4 Å². The number of aryl methyl sites for hydroxylation is 2. The largest absolute Gasteiger partial charge is 0.490 e. The number of carbonyl (C=O) groups excluding carboxylic acids is 1. The highest BCUT2D eigenvalue weighted by Crippen LogP contribution is 2.48. The molecule has 2 fully saturated rings. The van der Waals surface area contributed by atoms with Crippen molar-refractivity contribution in [3.8, 4) is 0 Å². The number of halogens is 5. The van der Waals surface area contributed by atoms with Crippen LogP contribution in [-0.2, 0) is 16.1 Å². The number of aromatic nitrogens is 1. The number of carboxylic acids is 1. The Morgan fingerprint density at radius 2 is 1.90 bits per heavy atom. The van der Waals surface area contributed by atoms with Gasteiger partial charge in [0, 0.05) is 41.0 Å². The van der Waals surface area contributed by atoms with E-state index in [9.17, 15) is 18.0 Å². The van der Waals surface area contributed by atoms with Crippen LogP contribution in [0.2, 0.25) is 0 Å². The molecular formula is C18H18F5N3O3S2. The average molecular weight is 483 g/mol. The maximum atomic E-state index is 15.4. The fraction of sp³-hybridized carbons (Fsp3) is 0.500. The number of thiophene rings is 1. The molecule has 1 amide bonds.